The van der Waals surface area contributed by atoms with Crippen molar-refractivity contribution >= 4 is 22.5 Å². The molecule has 1 aromatic carbocycles. The van der Waals surface area contributed by atoms with Crippen LogP contribution in [-0.4, -0.2) is 25.0 Å². The molecule has 0 unspecified atom stereocenters. The predicted molar refractivity (Wildman–Crippen MR) is 74.3 cm³/mol. The summed E-state index contributed by atoms with van der Waals surface area (Å²) in [6.45, 7) is 3.55. The lowest BCUT2D eigenvalue weighted by atomic mass is 10.2. The molecule has 2 aromatic heterocycles. The monoisotopic (exact) mass is 289 g/mol. The summed E-state index contributed by atoms with van der Waals surface area (Å²) in [5.41, 5.74) is 0.102. The summed E-state index contributed by atoms with van der Waals surface area (Å²) in [5, 5.41) is 9.16. The Kier molecular flexibility index (Phi) is 2.79. The summed E-state index contributed by atoms with van der Waals surface area (Å²) in [7, 11) is 0. The van der Waals surface area contributed by atoms with Crippen LogP contribution in [0.25, 0.3) is 16.6 Å². The Morgan fingerprint density at radius 2 is 2.05 bits per heavy atom. The number of imidazole rings is 1. The number of rotatable bonds is 2. The van der Waals surface area contributed by atoms with E-state index in [0.29, 0.717) is 11.0 Å². The lowest BCUT2D eigenvalue weighted by Crippen LogP contribution is -2.25. The summed E-state index contributed by atoms with van der Waals surface area (Å²) < 4.78 is 16.3. The minimum Gasteiger partial charge on any atom is -0.476 e. The number of aromatic carboxylic acids is 1. The summed E-state index contributed by atoms with van der Waals surface area (Å²) >= 11 is 0. The molecule has 0 fully saturated rings. The molecule has 0 saturated carbocycles. The van der Waals surface area contributed by atoms with Crippen LogP contribution in [0.2, 0.25) is 0 Å². The number of carbonyl (C=O) groups is 1. The average Bonchev–Trinajstić information content (AvgIpc) is 2.83. The highest BCUT2D eigenvalue weighted by atomic mass is 19.1. The van der Waals surface area contributed by atoms with E-state index in [4.69, 9.17) is 5.11 Å². The molecule has 0 radical (unpaired) electrons. The number of hydrogen-bond donors (Lipinski definition) is 1. The molecule has 0 atom stereocenters. The van der Waals surface area contributed by atoms with Crippen molar-refractivity contribution in [1.82, 2.24) is 14.0 Å². The zero-order valence-corrected chi connectivity index (χ0v) is 11.4. The summed E-state index contributed by atoms with van der Waals surface area (Å²) in [6, 6.07) is 3.78. The van der Waals surface area contributed by atoms with Crippen molar-refractivity contribution in [3.63, 3.8) is 0 Å². The van der Waals surface area contributed by atoms with Crippen LogP contribution in [-0.2, 0) is 0 Å². The second kappa shape index (κ2) is 4.41. The first-order valence-corrected chi connectivity index (χ1v) is 6.36. The van der Waals surface area contributed by atoms with Gasteiger partial charge in [-0.3, -0.25) is 9.20 Å². The van der Waals surface area contributed by atoms with E-state index in [-0.39, 0.29) is 17.3 Å². The minimum atomic E-state index is -1.27. The molecule has 0 aliphatic carbocycles. The lowest BCUT2D eigenvalue weighted by Gasteiger charge is -2.15. The minimum absolute atomic E-state index is 0.0182. The fourth-order valence-electron chi connectivity index (χ4n) is 2.52. The molecule has 0 aliphatic heterocycles. The fourth-order valence-corrected chi connectivity index (χ4v) is 2.52. The van der Waals surface area contributed by atoms with Crippen molar-refractivity contribution in [3.05, 3.63) is 46.4 Å². The number of carboxylic acids is 1. The standard InChI is InChI=1S/C14H12FN3O3/c1-7(2)18-10-5-8(15)3-4-9(10)17-6-16-11(14(20)21)12(17)13(18)19/h3-7H,1-2H3,(H,20,21). The maximum Gasteiger partial charge on any atom is 0.356 e. The predicted octanol–water partition coefficient (Wildman–Crippen LogP) is 2.07. The van der Waals surface area contributed by atoms with Crippen molar-refractivity contribution in [3.8, 4) is 0 Å². The van der Waals surface area contributed by atoms with Crippen LogP contribution in [0.5, 0.6) is 0 Å². The Labute approximate surface area is 118 Å². The van der Waals surface area contributed by atoms with Crippen molar-refractivity contribution in [2.45, 2.75) is 19.9 Å². The number of aromatic nitrogens is 3. The van der Waals surface area contributed by atoms with Gasteiger partial charge in [-0.2, -0.15) is 0 Å². The molecule has 2 heterocycles. The van der Waals surface area contributed by atoms with E-state index in [1.165, 1.54) is 33.5 Å². The first kappa shape index (κ1) is 13.3. The Hall–Kier alpha value is -2.70. The molecule has 0 amide bonds. The molecular formula is C14H12FN3O3. The van der Waals surface area contributed by atoms with Gasteiger partial charge in [0.05, 0.1) is 11.0 Å². The Balaban J connectivity index is 2.64. The molecule has 0 saturated heterocycles. The van der Waals surface area contributed by atoms with Gasteiger partial charge in [-0.15, -0.1) is 0 Å². The Bertz CT molecular complexity index is 940. The highest BCUT2D eigenvalue weighted by Crippen LogP contribution is 2.20. The van der Waals surface area contributed by atoms with Crippen molar-refractivity contribution in [1.29, 1.82) is 0 Å². The third-order valence-corrected chi connectivity index (χ3v) is 3.36. The van der Waals surface area contributed by atoms with Gasteiger partial charge in [-0.05, 0) is 32.0 Å². The van der Waals surface area contributed by atoms with Crippen molar-refractivity contribution in [2.75, 3.05) is 0 Å². The molecule has 1 N–H and O–H groups in total. The van der Waals surface area contributed by atoms with Gasteiger partial charge in [0.15, 0.2) is 5.69 Å². The fraction of sp³-hybridized carbons (Fsp3) is 0.214. The lowest BCUT2D eigenvalue weighted by molar-refractivity contribution is 0.0693. The third-order valence-electron chi connectivity index (χ3n) is 3.36. The Morgan fingerprint density at radius 3 is 2.67 bits per heavy atom. The zero-order chi connectivity index (χ0) is 15.3. The molecule has 7 heteroatoms. The van der Waals surface area contributed by atoms with Gasteiger partial charge >= 0.3 is 5.97 Å². The third kappa shape index (κ3) is 1.81. The highest BCUT2D eigenvalue weighted by Gasteiger charge is 2.20. The van der Waals surface area contributed by atoms with Gasteiger partial charge in [-0.1, -0.05) is 0 Å². The van der Waals surface area contributed by atoms with Crippen molar-refractivity contribution in [2.24, 2.45) is 0 Å². The highest BCUT2D eigenvalue weighted by molar-refractivity contribution is 5.95. The van der Waals surface area contributed by atoms with E-state index in [1.54, 1.807) is 13.8 Å². The van der Waals surface area contributed by atoms with Crippen LogP contribution >= 0.6 is 0 Å². The normalized spacial score (nSPS) is 11.6. The van der Waals surface area contributed by atoms with Crippen LogP contribution in [0.4, 0.5) is 4.39 Å². The summed E-state index contributed by atoms with van der Waals surface area (Å²) in [4.78, 5) is 27.6. The van der Waals surface area contributed by atoms with E-state index in [9.17, 15) is 14.0 Å². The van der Waals surface area contributed by atoms with E-state index in [0.717, 1.165) is 0 Å². The van der Waals surface area contributed by atoms with Crippen LogP contribution in [0.15, 0.2) is 29.3 Å². The van der Waals surface area contributed by atoms with E-state index >= 15 is 0 Å². The molecule has 3 aromatic rings. The maximum absolute atomic E-state index is 13.5. The molecule has 0 bridgehead atoms. The van der Waals surface area contributed by atoms with Crippen LogP contribution < -0.4 is 5.56 Å². The molecular weight excluding hydrogens is 277 g/mol. The Morgan fingerprint density at radius 1 is 1.33 bits per heavy atom. The van der Waals surface area contributed by atoms with Gasteiger partial charge < -0.3 is 9.67 Å². The van der Waals surface area contributed by atoms with Crippen molar-refractivity contribution < 1.29 is 14.3 Å². The second-order valence-corrected chi connectivity index (χ2v) is 5.02. The number of nitrogens with zero attached hydrogens (tertiary/aromatic N) is 3. The molecule has 0 aliphatic rings. The van der Waals surface area contributed by atoms with Gasteiger partial charge in [-0.25, -0.2) is 14.2 Å². The smallest absolute Gasteiger partial charge is 0.356 e. The van der Waals surface area contributed by atoms with Crippen LogP contribution in [0.3, 0.4) is 0 Å². The topological polar surface area (TPSA) is 76.6 Å². The number of fused-ring (bicyclic) bond motifs is 3. The van der Waals surface area contributed by atoms with E-state index in [2.05, 4.69) is 4.98 Å². The molecule has 0 spiro atoms. The first-order valence-electron chi connectivity index (χ1n) is 6.36. The molecule has 108 valence electrons. The van der Waals surface area contributed by atoms with E-state index in [1.807, 2.05) is 0 Å². The van der Waals surface area contributed by atoms with Gasteiger partial charge in [0.2, 0.25) is 0 Å². The SMILES string of the molecule is CC(C)n1c(=O)c2c(C(=O)O)ncn2c2ccc(F)cc21. The quantitative estimate of drug-likeness (QED) is 0.783. The number of hydrogen-bond acceptors (Lipinski definition) is 3. The molecule has 3 rings (SSSR count). The average molecular weight is 289 g/mol. The number of halogens is 1. The second-order valence-electron chi connectivity index (χ2n) is 5.02. The van der Waals surface area contributed by atoms with Gasteiger partial charge in [0.25, 0.3) is 5.56 Å². The van der Waals surface area contributed by atoms with Crippen LogP contribution in [0.1, 0.15) is 30.4 Å². The number of carboxylic acid groups (broad SMARTS) is 1. The summed E-state index contributed by atoms with van der Waals surface area (Å²) in [6.07, 6.45) is 1.27. The van der Waals surface area contributed by atoms with Gasteiger partial charge in [0, 0.05) is 6.04 Å². The first-order chi connectivity index (χ1) is 9.91. The largest absolute Gasteiger partial charge is 0.476 e. The zero-order valence-electron chi connectivity index (χ0n) is 11.4. The van der Waals surface area contributed by atoms with Crippen LogP contribution in [0, 0.1) is 5.82 Å². The van der Waals surface area contributed by atoms with E-state index < -0.39 is 17.3 Å². The summed E-state index contributed by atoms with van der Waals surface area (Å²) in [5.74, 6) is -1.74. The molecule has 21 heavy (non-hydrogen) atoms. The molecule has 6 nitrogen and oxygen atoms in total. The van der Waals surface area contributed by atoms with Gasteiger partial charge in [0.1, 0.15) is 17.7 Å². The maximum atomic E-state index is 13.5. The number of benzene rings is 1.